The van der Waals surface area contributed by atoms with Crippen molar-refractivity contribution in [2.24, 2.45) is 0 Å². The summed E-state index contributed by atoms with van der Waals surface area (Å²) in [6, 6.07) is 6.98. The van der Waals surface area contributed by atoms with Gasteiger partial charge in [0.1, 0.15) is 0 Å². The third-order valence-electron chi connectivity index (χ3n) is 2.83. The third kappa shape index (κ3) is 5.54. The first-order valence-electron chi connectivity index (χ1n) is 6.36. The molecule has 3 heteroatoms. The largest absolute Gasteiger partial charge is 0.310 e. The second-order valence-corrected chi connectivity index (χ2v) is 6.14. The summed E-state index contributed by atoms with van der Waals surface area (Å²) in [5, 5.41) is 3.57. The summed E-state index contributed by atoms with van der Waals surface area (Å²) < 4.78 is 2.28. The van der Waals surface area contributed by atoms with Gasteiger partial charge in [-0.05, 0) is 36.7 Å². The molecule has 0 radical (unpaired) electrons. The second-order valence-electron chi connectivity index (χ2n) is 4.31. The second kappa shape index (κ2) is 8.28. The van der Waals surface area contributed by atoms with Crippen LogP contribution in [0.1, 0.15) is 51.1 Å². The van der Waals surface area contributed by atoms with Gasteiger partial charge in [-0.25, -0.2) is 0 Å². The molecule has 0 saturated carbocycles. The van der Waals surface area contributed by atoms with Gasteiger partial charge in [0.15, 0.2) is 0 Å². The van der Waals surface area contributed by atoms with Crippen LogP contribution >= 0.6 is 31.9 Å². The van der Waals surface area contributed by atoms with E-state index in [9.17, 15) is 0 Å². The number of hydrogen-bond acceptors (Lipinski definition) is 1. The molecule has 96 valence electrons. The van der Waals surface area contributed by atoms with E-state index in [4.69, 9.17) is 0 Å². The van der Waals surface area contributed by atoms with Crippen LogP contribution in [0.3, 0.4) is 0 Å². The summed E-state index contributed by atoms with van der Waals surface area (Å²) in [6.07, 6.45) is 5.10. The summed E-state index contributed by atoms with van der Waals surface area (Å²) in [5.41, 5.74) is 1.37. The molecular weight excluding hydrogens is 342 g/mol. The van der Waals surface area contributed by atoms with E-state index in [1.807, 2.05) is 0 Å². The Morgan fingerprint density at radius 3 is 2.24 bits per heavy atom. The van der Waals surface area contributed by atoms with E-state index in [-0.39, 0.29) is 0 Å². The van der Waals surface area contributed by atoms with Crippen LogP contribution in [0, 0.1) is 0 Å². The minimum absolute atomic E-state index is 0.473. The summed E-state index contributed by atoms with van der Waals surface area (Å²) in [5.74, 6) is 0. The lowest BCUT2D eigenvalue weighted by Crippen LogP contribution is -2.20. The Morgan fingerprint density at radius 2 is 1.71 bits per heavy atom. The SMILES string of the molecule is CCCCCC(NCC)c1cc(Br)cc(Br)c1. The maximum absolute atomic E-state index is 3.57. The van der Waals surface area contributed by atoms with Gasteiger partial charge >= 0.3 is 0 Å². The van der Waals surface area contributed by atoms with Gasteiger partial charge in [0.2, 0.25) is 0 Å². The van der Waals surface area contributed by atoms with Crippen molar-refractivity contribution in [1.82, 2.24) is 5.32 Å². The molecule has 0 spiro atoms. The maximum atomic E-state index is 3.57. The molecule has 0 fully saturated rings. The highest BCUT2D eigenvalue weighted by Gasteiger charge is 2.11. The average molecular weight is 363 g/mol. The van der Waals surface area contributed by atoms with Crippen LogP contribution in [0.15, 0.2) is 27.1 Å². The Labute approximate surface area is 122 Å². The summed E-state index contributed by atoms with van der Waals surface area (Å²) in [7, 11) is 0. The lowest BCUT2D eigenvalue weighted by Gasteiger charge is -2.19. The Balaban J connectivity index is 2.73. The van der Waals surface area contributed by atoms with E-state index >= 15 is 0 Å². The number of halogens is 2. The van der Waals surface area contributed by atoms with E-state index in [2.05, 4.69) is 69.2 Å². The Morgan fingerprint density at radius 1 is 1.06 bits per heavy atom. The van der Waals surface area contributed by atoms with E-state index in [1.165, 1.54) is 31.2 Å². The maximum Gasteiger partial charge on any atom is 0.0320 e. The van der Waals surface area contributed by atoms with Crippen LogP contribution in [-0.2, 0) is 0 Å². The molecule has 1 aromatic carbocycles. The highest BCUT2D eigenvalue weighted by Crippen LogP contribution is 2.27. The molecule has 0 aliphatic rings. The number of unbranched alkanes of at least 4 members (excludes halogenated alkanes) is 2. The molecule has 1 atom stereocenters. The number of rotatable bonds is 7. The monoisotopic (exact) mass is 361 g/mol. The van der Waals surface area contributed by atoms with Crippen molar-refractivity contribution < 1.29 is 0 Å². The quantitative estimate of drug-likeness (QED) is 0.636. The first-order chi connectivity index (χ1) is 8.17. The Hall–Kier alpha value is 0.140. The molecule has 0 amide bonds. The van der Waals surface area contributed by atoms with Crippen LogP contribution in [0.25, 0.3) is 0 Å². The summed E-state index contributed by atoms with van der Waals surface area (Å²) in [6.45, 7) is 5.43. The normalized spacial score (nSPS) is 12.7. The van der Waals surface area contributed by atoms with E-state index in [1.54, 1.807) is 0 Å². The first kappa shape index (κ1) is 15.2. The minimum atomic E-state index is 0.473. The highest BCUT2D eigenvalue weighted by molar-refractivity contribution is 9.11. The van der Waals surface area contributed by atoms with Crippen molar-refractivity contribution in [2.75, 3.05) is 6.54 Å². The molecule has 1 aromatic rings. The number of benzene rings is 1. The minimum Gasteiger partial charge on any atom is -0.310 e. The van der Waals surface area contributed by atoms with E-state index < -0.39 is 0 Å². The van der Waals surface area contributed by atoms with Gasteiger partial charge in [-0.2, -0.15) is 0 Å². The zero-order valence-corrected chi connectivity index (χ0v) is 13.8. The molecule has 1 unspecified atom stereocenters. The number of hydrogen-bond donors (Lipinski definition) is 1. The zero-order chi connectivity index (χ0) is 12.7. The van der Waals surface area contributed by atoms with Gasteiger partial charge in [0.05, 0.1) is 0 Å². The predicted molar refractivity (Wildman–Crippen MR) is 82.4 cm³/mol. The van der Waals surface area contributed by atoms with E-state index in [0.29, 0.717) is 6.04 Å². The molecule has 0 heterocycles. The molecular formula is C14H21Br2N. The Kier molecular flexibility index (Phi) is 7.40. The van der Waals surface area contributed by atoms with Crippen molar-refractivity contribution >= 4 is 31.9 Å². The molecule has 17 heavy (non-hydrogen) atoms. The molecule has 0 bridgehead atoms. The molecule has 1 nitrogen and oxygen atoms in total. The number of nitrogens with one attached hydrogen (secondary N) is 1. The summed E-state index contributed by atoms with van der Waals surface area (Å²) in [4.78, 5) is 0. The zero-order valence-electron chi connectivity index (χ0n) is 10.6. The van der Waals surface area contributed by atoms with Gasteiger partial charge in [-0.15, -0.1) is 0 Å². The van der Waals surface area contributed by atoms with Crippen molar-refractivity contribution in [3.8, 4) is 0 Å². The Bertz CT molecular complexity index is 319. The lowest BCUT2D eigenvalue weighted by atomic mass is 10.0. The van der Waals surface area contributed by atoms with Gasteiger partial charge in [0.25, 0.3) is 0 Å². The fourth-order valence-electron chi connectivity index (χ4n) is 2.01. The average Bonchev–Trinajstić information content (AvgIpc) is 2.27. The van der Waals surface area contributed by atoms with Gasteiger partial charge < -0.3 is 5.32 Å². The highest BCUT2D eigenvalue weighted by atomic mass is 79.9. The topological polar surface area (TPSA) is 12.0 Å². The van der Waals surface area contributed by atoms with Crippen LogP contribution in [-0.4, -0.2) is 6.54 Å². The van der Waals surface area contributed by atoms with Crippen LogP contribution < -0.4 is 5.32 Å². The fourth-order valence-corrected chi connectivity index (χ4v) is 3.34. The molecule has 0 aliphatic heterocycles. The van der Waals surface area contributed by atoms with Crippen molar-refractivity contribution in [1.29, 1.82) is 0 Å². The first-order valence-corrected chi connectivity index (χ1v) is 7.95. The molecule has 1 N–H and O–H groups in total. The molecule has 0 aliphatic carbocycles. The van der Waals surface area contributed by atoms with Crippen LogP contribution in [0.2, 0.25) is 0 Å². The van der Waals surface area contributed by atoms with Crippen molar-refractivity contribution in [2.45, 2.75) is 45.6 Å². The van der Waals surface area contributed by atoms with Crippen LogP contribution in [0.4, 0.5) is 0 Å². The van der Waals surface area contributed by atoms with Gasteiger partial charge in [-0.1, -0.05) is 65.0 Å². The van der Waals surface area contributed by atoms with Crippen molar-refractivity contribution in [3.63, 3.8) is 0 Å². The van der Waals surface area contributed by atoms with Gasteiger partial charge in [0, 0.05) is 15.0 Å². The van der Waals surface area contributed by atoms with Gasteiger partial charge in [-0.3, -0.25) is 0 Å². The molecule has 0 saturated heterocycles. The molecule has 0 aromatic heterocycles. The smallest absolute Gasteiger partial charge is 0.0320 e. The fraction of sp³-hybridized carbons (Fsp3) is 0.571. The lowest BCUT2D eigenvalue weighted by molar-refractivity contribution is 0.486. The van der Waals surface area contributed by atoms with Crippen molar-refractivity contribution in [3.05, 3.63) is 32.7 Å². The predicted octanol–water partition coefficient (Wildman–Crippen LogP) is 5.44. The summed E-state index contributed by atoms with van der Waals surface area (Å²) >= 11 is 7.11. The molecule has 1 rings (SSSR count). The third-order valence-corrected chi connectivity index (χ3v) is 3.75. The standard InChI is InChI=1S/C14H21Br2N/c1-3-5-6-7-14(17-4-2)11-8-12(15)10-13(16)9-11/h8-10,14,17H,3-7H2,1-2H3. The van der Waals surface area contributed by atoms with Crippen LogP contribution in [0.5, 0.6) is 0 Å². The van der Waals surface area contributed by atoms with E-state index in [0.717, 1.165) is 15.5 Å².